The van der Waals surface area contributed by atoms with E-state index in [0.717, 1.165) is 37.8 Å². The first-order chi connectivity index (χ1) is 9.92. The lowest BCUT2D eigenvalue weighted by molar-refractivity contribution is -0.0277. The van der Waals surface area contributed by atoms with Crippen LogP contribution in [0, 0.1) is 0 Å². The number of rotatable bonds is 5. The molecule has 5 heteroatoms. The van der Waals surface area contributed by atoms with Gasteiger partial charge < -0.3 is 15.1 Å². The number of likely N-dealkylation sites (N-methyl/N-ethyl adjacent to an activating group) is 1. The molecule has 0 saturated heterocycles. The van der Waals surface area contributed by atoms with Crippen molar-refractivity contribution in [2.24, 2.45) is 0 Å². The van der Waals surface area contributed by atoms with Gasteiger partial charge in [0.2, 0.25) is 0 Å². The Morgan fingerprint density at radius 2 is 1.73 bits per heavy atom. The Bertz CT molecular complexity index is 481. The van der Waals surface area contributed by atoms with Crippen LogP contribution in [0.15, 0.2) is 24.3 Å². The molecule has 2 N–H and O–H groups in total. The first-order valence-corrected chi connectivity index (χ1v) is 7.63. The summed E-state index contributed by atoms with van der Waals surface area (Å²) in [6, 6.07) is 6.97. The zero-order valence-corrected chi connectivity index (χ0v) is 14.1. The third kappa shape index (κ3) is 4.45. The molecule has 0 amide bonds. The molecule has 1 aliphatic rings. The average Bonchev–Trinajstić information content (AvgIpc) is 2.45. The summed E-state index contributed by atoms with van der Waals surface area (Å²) in [7, 11) is 4.01. The molecule has 4 nitrogen and oxygen atoms in total. The number of hydrogen-bond acceptors (Lipinski definition) is 3. The summed E-state index contributed by atoms with van der Waals surface area (Å²) in [6.45, 7) is 0.767. The third-order valence-electron chi connectivity index (χ3n) is 4.48. The second-order valence-corrected chi connectivity index (χ2v) is 6.41. The topological polar surface area (TPSA) is 60.8 Å². The summed E-state index contributed by atoms with van der Waals surface area (Å²) >= 11 is 0. The van der Waals surface area contributed by atoms with Crippen LogP contribution in [0.1, 0.15) is 53.9 Å². The number of benzene rings is 1. The molecule has 0 radical (unpaired) electrons. The van der Waals surface area contributed by atoms with Crippen LogP contribution in [0.4, 0.5) is 0 Å². The van der Waals surface area contributed by atoms with Crippen LogP contribution < -0.4 is 0 Å². The Labute approximate surface area is 138 Å². The molecule has 1 atom stereocenters. The van der Waals surface area contributed by atoms with Crippen molar-refractivity contribution in [3.63, 3.8) is 0 Å². The molecule has 1 saturated carbocycles. The molecule has 1 aliphatic carbocycles. The maximum Gasteiger partial charge on any atom is 0.335 e. The average molecular weight is 328 g/mol. The minimum Gasteiger partial charge on any atom is -0.478 e. The standard InChI is InChI=1S/C17H25NO3.ClH/c1-18(2)12-15(17(21)10-4-3-5-11-17)13-6-8-14(9-7-13)16(19)20;/h6-9,15,21H,3-5,10-12H2,1-2H3,(H,19,20);1H. The summed E-state index contributed by atoms with van der Waals surface area (Å²) in [4.78, 5) is 13.1. The lowest BCUT2D eigenvalue weighted by Crippen LogP contribution is -2.42. The fourth-order valence-corrected chi connectivity index (χ4v) is 3.32. The number of halogens is 1. The fourth-order valence-electron chi connectivity index (χ4n) is 3.32. The molecule has 0 heterocycles. The van der Waals surface area contributed by atoms with Crippen molar-refractivity contribution in [2.45, 2.75) is 43.6 Å². The summed E-state index contributed by atoms with van der Waals surface area (Å²) in [5, 5.41) is 20.1. The SMILES string of the molecule is CN(C)CC(c1ccc(C(=O)O)cc1)C1(O)CCCCC1.Cl. The highest BCUT2D eigenvalue weighted by molar-refractivity contribution is 5.87. The van der Waals surface area contributed by atoms with Crippen molar-refractivity contribution < 1.29 is 15.0 Å². The molecule has 0 aliphatic heterocycles. The van der Waals surface area contributed by atoms with Gasteiger partial charge in [-0.1, -0.05) is 31.4 Å². The van der Waals surface area contributed by atoms with Crippen molar-refractivity contribution in [2.75, 3.05) is 20.6 Å². The Balaban J connectivity index is 0.00000242. The number of nitrogens with zero attached hydrogens (tertiary/aromatic N) is 1. The van der Waals surface area contributed by atoms with E-state index in [0.29, 0.717) is 0 Å². The van der Waals surface area contributed by atoms with E-state index in [4.69, 9.17) is 5.11 Å². The van der Waals surface area contributed by atoms with Crippen molar-refractivity contribution in [3.8, 4) is 0 Å². The zero-order valence-electron chi connectivity index (χ0n) is 13.3. The maximum atomic E-state index is 11.1. The smallest absolute Gasteiger partial charge is 0.335 e. The maximum absolute atomic E-state index is 11.1. The molecule has 1 aromatic carbocycles. The highest BCUT2D eigenvalue weighted by Gasteiger charge is 2.38. The van der Waals surface area contributed by atoms with Gasteiger partial charge in [0.15, 0.2) is 0 Å². The van der Waals surface area contributed by atoms with Gasteiger partial charge in [-0.2, -0.15) is 0 Å². The van der Waals surface area contributed by atoms with E-state index in [1.807, 2.05) is 26.2 Å². The molecule has 1 aromatic rings. The minimum atomic E-state index is -0.915. The molecule has 22 heavy (non-hydrogen) atoms. The van der Waals surface area contributed by atoms with Crippen LogP contribution in [0.3, 0.4) is 0 Å². The zero-order chi connectivity index (χ0) is 15.5. The number of aromatic carboxylic acids is 1. The Hall–Kier alpha value is -1.10. The van der Waals surface area contributed by atoms with Gasteiger partial charge in [-0.15, -0.1) is 12.4 Å². The molecule has 124 valence electrons. The first-order valence-electron chi connectivity index (χ1n) is 7.63. The van der Waals surface area contributed by atoms with Gasteiger partial charge in [0, 0.05) is 12.5 Å². The molecule has 0 aromatic heterocycles. The van der Waals surface area contributed by atoms with E-state index < -0.39 is 11.6 Å². The van der Waals surface area contributed by atoms with Crippen molar-refractivity contribution in [1.29, 1.82) is 0 Å². The van der Waals surface area contributed by atoms with Gasteiger partial charge >= 0.3 is 5.97 Å². The lowest BCUT2D eigenvalue weighted by atomic mass is 9.72. The van der Waals surface area contributed by atoms with Gasteiger partial charge in [-0.05, 0) is 44.6 Å². The monoisotopic (exact) mass is 327 g/mol. The number of carboxylic acid groups (broad SMARTS) is 1. The quantitative estimate of drug-likeness (QED) is 0.872. The van der Waals surface area contributed by atoms with Crippen molar-refractivity contribution in [3.05, 3.63) is 35.4 Å². The van der Waals surface area contributed by atoms with E-state index in [1.165, 1.54) is 6.42 Å². The van der Waals surface area contributed by atoms with Crippen LogP contribution >= 0.6 is 12.4 Å². The summed E-state index contributed by atoms with van der Waals surface area (Å²) in [5.74, 6) is -0.891. The van der Waals surface area contributed by atoms with E-state index in [1.54, 1.807) is 12.1 Å². The van der Waals surface area contributed by atoms with E-state index >= 15 is 0 Å². The van der Waals surface area contributed by atoms with Crippen LogP contribution in [0.25, 0.3) is 0 Å². The van der Waals surface area contributed by atoms with Gasteiger partial charge in [-0.25, -0.2) is 4.79 Å². The normalized spacial score (nSPS) is 18.5. The first kappa shape index (κ1) is 18.9. The number of hydrogen-bond donors (Lipinski definition) is 2. The predicted molar refractivity (Wildman–Crippen MR) is 90.0 cm³/mol. The molecule has 1 unspecified atom stereocenters. The Kier molecular flexibility index (Phi) is 6.85. The number of carbonyl (C=O) groups is 1. The summed E-state index contributed by atoms with van der Waals surface area (Å²) in [5.41, 5.74) is 0.642. The van der Waals surface area contributed by atoms with E-state index in [9.17, 15) is 9.90 Å². The van der Waals surface area contributed by atoms with Gasteiger partial charge in [0.05, 0.1) is 11.2 Å². The number of aliphatic hydroxyl groups is 1. The Morgan fingerprint density at radius 1 is 1.18 bits per heavy atom. The molecule has 2 rings (SSSR count). The van der Waals surface area contributed by atoms with Gasteiger partial charge in [-0.3, -0.25) is 0 Å². The second-order valence-electron chi connectivity index (χ2n) is 6.41. The van der Waals surface area contributed by atoms with Gasteiger partial charge in [0.1, 0.15) is 0 Å². The largest absolute Gasteiger partial charge is 0.478 e. The lowest BCUT2D eigenvalue weighted by Gasteiger charge is -2.40. The minimum absolute atomic E-state index is 0. The van der Waals surface area contributed by atoms with Crippen LogP contribution in [-0.4, -0.2) is 47.3 Å². The van der Waals surface area contributed by atoms with Gasteiger partial charge in [0.25, 0.3) is 0 Å². The fraction of sp³-hybridized carbons (Fsp3) is 0.588. The molecule has 0 bridgehead atoms. The highest BCUT2D eigenvalue weighted by Crippen LogP contribution is 2.40. The highest BCUT2D eigenvalue weighted by atomic mass is 35.5. The van der Waals surface area contributed by atoms with Crippen molar-refractivity contribution >= 4 is 18.4 Å². The molecule has 1 fully saturated rings. The van der Waals surface area contributed by atoms with Crippen LogP contribution in [0.2, 0.25) is 0 Å². The molecule has 0 spiro atoms. The molecular formula is C17H26ClNO3. The Morgan fingerprint density at radius 3 is 2.18 bits per heavy atom. The van der Waals surface area contributed by atoms with Crippen LogP contribution in [-0.2, 0) is 0 Å². The number of carboxylic acids is 1. The van der Waals surface area contributed by atoms with Crippen molar-refractivity contribution in [1.82, 2.24) is 4.90 Å². The molecular weight excluding hydrogens is 302 g/mol. The van der Waals surface area contributed by atoms with E-state index in [2.05, 4.69) is 4.90 Å². The van der Waals surface area contributed by atoms with E-state index in [-0.39, 0.29) is 23.9 Å². The third-order valence-corrected chi connectivity index (χ3v) is 4.48. The predicted octanol–water partition coefficient (Wildman–Crippen LogP) is 3.15. The summed E-state index contributed by atoms with van der Waals surface area (Å²) in [6.07, 6.45) is 4.97. The summed E-state index contributed by atoms with van der Waals surface area (Å²) < 4.78 is 0. The van der Waals surface area contributed by atoms with Crippen LogP contribution in [0.5, 0.6) is 0 Å². The second kappa shape index (κ2) is 7.95.